The molecule has 1 aromatic carbocycles. The summed E-state index contributed by atoms with van der Waals surface area (Å²) in [4.78, 5) is 11.9. The highest BCUT2D eigenvalue weighted by Crippen LogP contribution is 2.32. The first-order valence-electron chi connectivity index (χ1n) is 5.76. The molecule has 1 aliphatic rings. The van der Waals surface area contributed by atoms with Crippen LogP contribution in [0.1, 0.15) is 23.2 Å². The number of nitrogens with one attached hydrogen (secondary N) is 1. The Balaban J connectivity index is 2.12. The van der Waals surface area contributed by atoms with Gasteiger partial charge in [-0.2, -0.15) is 0 Å². The highest BCUT2D eigenvalue weighted by Gasteiger charge is 2.35. The first-order valence-corrected chi connectivity index (χ1v) is 5.76. The summed E-state index contributed by atoms with van der Waals surface area (Å²) < 4.78 is 25.8. The Morgan fingerprint density at radius 2 is 2.11 bits per heavy atom. The molecule has 1 atom stereocenters. The molecule has 0 bridgehead atoms. The van der Waals surface area contributed by atoms with Crippen molar-refractivity contribution in [1.29, 1.82) is 0 Å². The SMILES string of the molecule is NC(=NO)C(NC(=O)c1ccc(F)c(F)c1)C1CC1. The van der Waals surface area contributed by atoms with E-state index in [9.17, 15) is 13.6 Å². The van der Waals surface area contributed by atoms with E-state index in [1.807, 2.05) is 0 Å². The first kappa shape index (κ1) is 13.3. The van der Waals surface area contributed by atoms with Crippen LogP contribution in [-0.4, -0.2) is 23.0 Å². The lowest BCUT2D eigenvalue weighted by Gasteiger charge is -2.16. The summed E-state index contributed by atoms with van der Waals surface area (Å²) in [7, 11) is 0. The van der Waals surface area contributed by atoms with Gasteiger partial charge in [0.15, 0.2) is 17.5 Å². The molecule has 0 radical (unpaired) electrons. The summed E-state index contributed by atoms with van der Waals surface area (Å²) >= 11 is 0. The van der Waals surface area contributed by atoms with Crippen LogP contribution < -0.4 is 11.1 Å². The van der Waals surface area contributed by atoms with Gasteiger partial charge >= 0.3 is 0 Å². The highest BCUT2D eigenvalue weighted by molar-refractivity contribution is 5.98. The fourth-order valence-corrected chi connectivity index (χ4v) is 1.79. The van der Waals surface area contributed by atoms with Gasteiger partial charge in [-0.3, -0.25) is 4.79 Å². The molecule has 0 heterocycles. The van der Waals surface area contributed by atoms with E-state index in [0.717, 1.165) is 25.0 Å². The highest BCUT2D eigenvalue weighted by atomic mass is 19.2. The molecule has 0 spiro atoms. The Bertz CT molecular complexity index is 530. The predicted octanol–water partition coefficient (Wildman–Crippen LogP) is 1.22. The maximum atomic E-state index is 13.0. The van der Waals surface area contributed by atoms with Crippen LogP contribution in [0.25, 0.3) is 0 Å². The zero-order valence-corrected chi connectivity index (χ0v) is 9.94. The number of amidine groups is 1. The Morgan fingerprint density at radius 1 is 1.42 bits per heavy atom. The van der Waals surface area contributed by atoms with E-state index in [0.29, 0.717) is 0 Å². The molecule has 1 aromatic rings. The average molecular weight is 269 g/mol. The smallest absolute Gasteiger partial charge is 0.251 e. The number of amides is 1. The van der Waals surface area contributed by atoms with Crippen LogP contribution in [0.5, 0.6) is 0 Å². The molecule has 0 saturated heterocycles. The van der Waals surface area contributed by atoms with Crippen molar-refractivity contribution in [3.63, 3.8) is 0 Å². The molecule has 5 nitrogen and oxygen atoms in total. The minimum Gasteiger partial charge on any atom is -0.409 e. The summed E-state index contributed by atoms with van der Waals surface area (Å²) in [5.41, 5.74) is 5.47. The summed E-state index contributed by atoms with van der Waals surface area (Å²) in [5.74, 6) is -2.70. The number of hydrogen-bond acceptors (Lipinski definition) is 3. The second-order valence-corrected chi connectivity index (χ2v) is 4.44. The number of halogens is 2. The Labute approximate surface area is 108 Å². The largest absolute Gasteiger partial charge is 0.409 e. The maximum absolute atomic E-state index is 13.0. The monoisotopic (exact) mass is 269 g/mol. The van der Waals surface area contributed by atoms with Gasteiger partial charge in [0.2, 0.25) is 0 Å². The fraction of sp³-hybridized carbons (Fsp3) is 0.333. The molecule has 0 aliphatic heterocycles. The third-order valence-corrected chi connectivity index (χ3v) is 3.00. The lowest BCUT2D eigenvalue weighted by atomic mass is 10.1. The van der Waals surface area contributed by atoms with Gasteiger partial charge in [-0.05, 0) is 37.0 Å². The predicted molar refractivity (Wildman–Crippen MR) is 63.7 cm³/mol. The van der Waals surface area contributed by atoms with Crippen molar-refractivity contribution in [2.45, 2.75) is 18.9 Å². The third kappa shape index (κ3) is 2.98. The molecule has 1 aliphatic carbocycles. The van der Waals surface area contributed by atoms with Crippen LogP contribution >= 0.6 is 0 Å². The Hall–Kier alpha value is -2.18. The molecular formula is C12H13F2N3O2. The van der Waals surface area contributed by atoms with E-state index < -0.39 is 23.6 Å². The minimum atomic E-state index is -1.10. The van der Waals surface area contributed by atoms with Gasteiger partial charge in [0.25, 0.3) is 5.91 Å². The van der Waals surface area contributed by atoms with Gasteiger partial charge < -0.3 is 16.3 Å². The zero-order valence-electron chi connectivity index (χ0n) is 9.94. The van der Waals surface area contributed by atoms with Crippen LogP contribution in [0.15, 0.2) is 23.4 Å². The van der Waals surface area contributed by atoms with Crippen molar-refractivity contribution in [1.82, 2.24) is 5.32 Å². The standard InChI is InChI=1S/C12H13F2N3O2/c13-8-4-3-7(5-9(8)14)12(18)16-10(6-1-2-6)11(15)17-19/h3-6,10,19H,1-2H2,(H2,15,17)(H,16,18). The topological polar surface area (TPSA) is 87.7 Å². The quantitative estimate of drug-likeness (QED) is 0.332. The summed E-state index contributed by atoms with van der Waals surface area (Å²) in [6, 6.07) is 2.26. The van der Waals surface area contributed by atoms with Crippen molar-refractivity contribution in [3.05, 3.63) is 35.4 Å². The van der Waals surface area contributed by atoms with E-state index in [-0.39, 0.29) is 17.3 Å². The molecule has 19 heavy (non-hydrogen) atoms. The molecule has 0 aromatic heterocycles. The lowest BCUT2D eigenvalue weighted by molar-refractivity contribution is 0.0942. The number of nitrogens with zero attached hydrogens (tertiary/aromatic N) is 1. The summed E-state index contributed by atoms with van der Waals surface area (Å²) in [6.45, 7) is 0. The van der Waals surface area contributed by atoms with Gasteiger partial charge in [0, 0.05) is 5.56 Å². The van der Waals surface area contributed by atoms with Gasteiger partial charge in [-0.1, -0.05) is 5.16 Å². The van der Waals surface area contributed by atoms with Crippen molar-refractivity contribution < 1.29 is 18.8 Å². The molecule has 1 saturated carbocycles. The normalized spacial score (nSPS) is 17.1. The molecule has 1 unspecified atom stereocenters. The Morgan fingerprint density at radius 3 is 2.63 bits per heavy atom. The van der Waals surface area contributed by atoms with Crippen LogP contribution in [0, 0.1) is 17.6 Å². The van der Waals surface area contributed by atoms with E-state index in [2.05, 4.69) is 10.5 Å². The van der Waals surface area contributed by atoms with E-state index >= 15 is 0 Å². The second-order valence-electron chi connectivity index (χ2n) is 4.44. The fourth-order valence-electron chi connectivity index (χ4n) is 1.79. The van der Waals surface area contributed by atoms with Gasteiger partial charge in [0.1, 0.15) is 0 Å². The average Bonchev–Trinajstić information content (AvgIpc) is 3.22. The second kappa shape index (κ2) is 5.21. The number of hydrogen-bond donors (Lipinski definition) is 3. The van der Waals surface area contributed by atoms with Gasteiger partial charge in [0.05, 0.1) is 6.04 Å². The number of carbonyl (C=O) groups excluding carboxylic acids is 1. The number of carbonyl (C=O) groups is 1. The molecular weight excluding hydrogens is 256 g/mol. The summed E-state index contributed by atoms with van der Waals surface area (Å²) in [6.07, 6.45) is 1.72. The number of oxime groups is 1. The van der Waals surface area contributed by atoms with E-state index in [1.54, 1.807) is 0 Å². The van der Waals surface area contributed by atoms with Crippen molar-refractivity contribution >= 4 is 11.7 Å². The Kier molecular flexibility index (Phi) is 3.64. The van der Waals surface area contributed by atoms with Crippen molar-refractivity contribution in [3.8, 4) is 0 Å². The number of nitrogens with two attached hydrogens (primary N) is 1. The molecule has 4 N–H and O–H groups in total. The summed E-state index contributed by atoms with van der Waals surface area (Å²) in [5, 5.41) is 14.1. The first-order chi connectivity index (χ1) is 9.02. The molecule has 7 heteroatoms. The van der Waals surface area contributed by atoms with Gasteiger partial charge in [-0.15, -0.1) is 0 Å². The zero-order chi connectivity index (χ0) is 14.0. The molecule has 102 valence electrons. The van der Waals surface area contributed by atoms with Gasteiger partial charge in [-0.25, -0.2) is 8.78 Å². The minimum absolute atomic E-state index is 0.0183. The lowest BCUT2D eigenvalue weighted by Crippen LogP contribution is -2.46. The molecule has 1 fully saturated rings. The van der Waals surface area contributed by atoms with Crippen LogP contribution in [0.3, 0.4) is 0 Å². The molecule has 1 amide bonds. The number of rotatable bonds is 4. The van der Waals surface area contributed by atoms with Crippen LogP contribution in [-0.2, 0) is 0 Å². The maximum Gasteiger partial charge on any atom is 0.251 e. The van der Waals surface area contributed by atoms with Crippen molar-refractivity contribution in [2.24, 2.45) is 16.8 Å². The van der Waals surface area contributed by atoms with Crippen LogP contribution in [0.2, 0.25) is 0 Å². The molecule has 2 rings (SSSR count). The third-order valence-electron chi connectivity index (χ3n) is 3.00. The van der Waals surface area contributed by atoms with E-state index in [4.69, 9.17) is 10.9 Å². The van der Waals surface area contributed by atoms with Crippen molar-refractivity contribution in [2.75, 3.05) is 0 Å². The van der Waals surface area contributed by atoms with Crippen LogP contribution in [0.4, 0.5) is 8.78 Å². The number of benzene rings is 1. The van der Waals surface area contributed by atoms with E-state index in [1.165, 1.54) is 6.07 Å².